The molecule has 16 heavy (non-hydrogen) atoms. The van der Waals surface area contributed by atoms with E-state index in [1.807, 2.05) is 7.05 Å². The second kappa shape index (κ2) is 4.08. The third kappa shape index (κ3) is 2.21. The number of nitrogens with zero attached hydrogens (tertiary/aromatic N) is 2. The molecule has 90 valence electrons. The Balaban J connectivity index is 2.17. The Hall–Kier alpha value is -1.04. The maximum Gasteiger partial charge on any atom is 0.434 e. The first-order valence-corrected chi connectivity index (χ1v) is 5.28. The number of aryl methyl sites for hydroxylation is 1. The lowest BCUT2D eigenvalue weighted by molar-refractivity contribution is -0.141. The standard InChI is InChI=1S/C10H14F3N3/c1-14-4-7-2-3-9-15-8(10(11,12)13)6-16(9)5-7/h6-7,14H,2-5H2,1H3/t7-/m0/s1. The van der Waals surface area contributed by atoms with Gasteiger partial charge in [0.25, 0.3) is 0 Å². The summed E-state index contributed by atoms with van der Waals surface area (Å²) in [6, 6.07) is 0. The summed E-state index contributed by atoms with van der Waals surface area (Å²) in [5, 5.41) is 3.05. The molecule has 0 radical (unpaired) electrons. The first-order valence-electron chi connectivity index (χ1n) is 5.28. The van der Waals surface area contributed by atoms with Crippen molar-refractivity contribution in [1.82, 2.24) is 14.9 Å². The number of fused-ring (bicyclic) bond motifs is 1. The zero-order valence-electron chi connectivity index (χ0n) is 9.01. The van der Waals surface area contributed by atoms with Gasteiger partial charge in [-0.3, -0.25) is 0 Å². The largest absolute Gasteiger partial charge is 0.434 e. The molecule has 0 aliphatic carbocycles. The van der Waals surface area contributed by atoms with E-state index in [4.69, 9.17) is 0 Å². The van der Waals surface area contributed by atoms with Gasteiger partial charge in [0.05, 0.1) is 0 Å². The Labute approximate surface area is 91.7 Å². The lowest BCUT2D eigenvalue weighted by Gasteiger charge is -2.23. The summed E-state index contributed by atoms with van der Waals surface area (Å²) in [6.07, 6.45) is -1.68. The van der Waals surface area contributed by atoms with Gasteiger partial charge >= 0.3 is 6.18 Å². The molecule has 0 saturated heterocycles. The summed E-state index contributed by atoms with van der Waals surface area (Å²) < 4.78 is 38.9. The van der Waals surface area contributed by atoms with Crippen LogP contribution in [0.3, 0.4) is 0 Å². The van der Waals surface area contributed by atoms with E-state index in [0.717, 1.165) is 19.2 Å². The summed E-state index contributed by atoms with van der Waals surface area (Å²) in [4.78, 5) is 3.63. The van der Waals surface area contributed by atoms with Crippen molar-refractivity contribution in [3.8, 4) is 0 Å². The van der Waals surface area contributed by atoms with Gasteiger partial charge in [-0.2, -0.15) is 13.2 Å². The summed E-state index contributed by atoms with van der Waals surface area (Å²) in [5.74, 6) is 0.951. The molecule has 0 unspecified atom stereocenters. The second-order valence-electron chi connectivity index (χ2n) is 4.15. The van der Waals surface area contributed by atoms with Gasteiger partial charge in [-0.1, -0.05) is 0 Å². The fourth-order valence-electron chi connectivity index (χ4n) is 2.11. The van der Waals surface area contributed by atoms with Crippen LogP contribution >= 0.6 is 0 Å². The maximum absolute atomic E-state index is 12.4. The van der Waals surface area contributed by atoms with Crippen molar-refractivity contribution in [2.75, 3.05) is 13.6 Å². The molecule has 0 amide bonds. The molecule has 1 aromatic rings. The van der Waals surface area contributed by atoms with Gasteiger partial charge in [0.2, 0.25) is 0 Å². The van der Waals surface area contributed by atoms with Crippen LogP contribution in [0.2, 0.25) is 0 Å². The molecule has 0 bridgehead atoms. The van der Waals surface area contributed by atoms with Crippen LogP contribution in [0.5, 0.6) is 0 Å². The minimum absolute atomic E-state index is 0.396. The van der Waals surface area contributed by atoms with Crippen LogP contribution in [0.25, 0.3) is 0 Å². The normalized spacial score (nSPS) is 20.9. The minimum Gasteiger partial charge on any atom is -0.334 e. The number of nitrogens with one attached hydrogen (secondary N) is 1. The molecule has 6 heteroatoms. The zero-order valence-corrected chi connectivity index (χ0v) is 9.01. The van der Waals surface area contributed by atoms with Crippen LogP contribution in [0.4, 0.5) is 13.2 Å². The number of hydrogen-bond donors (Lipinski definition) is 1. The number of aromatic nitrogens is 2. The first-order chi connectivity index (χ1) is 7.50. The fourth-order valence-corrected chi connectivity index (χ4v) is 2.11. The molecular weight excluding hydrogens is 219 g/mol. The Morgan fingerprint density at radius 2 is 2.31 bits per heavy atom. The SMILES string of the molecule is CNC[C@@H]1CCc2nc(C(F)(F)F)cn2C1. The molecule has 2 heterocycles. The highest BCUT2D eigenvalue weighted by Crippen LogP contribution is 2.30. The molecule has 0 fully saturated rings. The molecule has 2 rings (SSSR count). The van der Waals surface area contributed by atoms with Gasteiger partial charge in [0, 0.05) is 19.2 Å². The van der Waals surface area contributed by atoms with E-state index < -0.39 is 11.9 Å². The molecule has 1 aliphatic heterocycles. The smallest absolute Gasteiger partial charge is 0.334 e. The molecule has 0 saturated carbocycles. The van der Waals surface area contributed by atoms with Gasteiger partial charge in [-0.15, -0.1) is 0 Å². The van der Waals surface area contributed by atoms with Crippen LogP contribution in [0, 0.1) is 5.92 Å². The van der Waals surface area contributed by atoms with Crippen LogP contribution in [0.1, 0.15) is 17.9 Å². The number of hydrogen-bond acceptors (Lipinski definition) is 2. The van der Waals surface area contributed by atoms with Gasteiger partial charge in [-0.05, 0) is 25.9 Å². The van der Waals surface area contributed by atoms with E-state index in [0.29, 0.717) is 24.7 Å². The molecular formula is C10H14F3N3. The van der Waals surface area contributed by atoms with Crippen molar-refractivity contribution < 1.29 is 13.2 Å². The number of halogens is 3. The highest BCUT2D eigenvalue weighted by atomic mass is 19.4. The lowest BCUT2D eigenvalue weighted by atomic mass is 10.00. The topological polar surface area (TPSA) is 29.9 Å². The second-order valence-corrected chi connectivity index (χ2v) is 4.15. The number of imidazole rings is 1. The van der Waals surface area contributed by atoms with E-state index in [1.165, 1.54) is 0 Å². The van der Waals surface area contributed by atoms with Crippen LogP contribution in [-0.4, -0.2) is 23.1 Å². The van der Waals surface area contributed by atoms with Gasteiger partial charge in [-0.25, -0.2) is 4.98 Å². The highest BCUT2D eigenvalue weighted by molar-refractivity contribution is 5.09. The van der Waals surface area contributed by atoms with E-state index >= 15 is 0 Å². The van der Waals surface area contributed by atoms with E-state index in [1.54, 1.807) is 4.57 Å². The molecule has 0 spiro atoms. The Bertz CT molecular complexity index is 370. The fraction of sp³-hybridized carbons (Fsp3) is 0.700. The van der Waals surface area contributed by atoms with Gasteiger partial charge in [0.1, 0.15) is 5.82 Å². The minimum atomic E-state index is -4.33. The van der Waals surface area contributed by atoms with Crippen LogP contribution < -0.4 is 5.32 Å². The summed E-state index contributed by atoms with van der Waals surface area (Å²) in [6.45, 7) is 1.46. The lowest BCUT2D eigenvalue weighted by Crippen LogP contribution is -2.27. The molecule has 1 aromatic heterocycles. The van der Waals surface area contributed by atoms with Crippen molar-refractivity contribution in [3.63, 3.8) is 0 Å². The van der Waals surface area contributed by atoms with Gasteiger partial charge < -0.3 is 9.88 Å². The Morgan fingerprint density at radius 3 is 2.94 bits per heavy atom. The van der Waals surface area contributed by atoms with E-state index in [2.05, 4.69) is 10.3 Å². The van der Waals surface area contributed by atoms with Crippen molar-refractivity contribution in [2.45, 2.75) is 25.6 Å². The number of rotatable bonds is 2. The van der Waals surface area contributed by atoms with Crippen molar-refractivity contribution >= 4 is 0 Å². The predicted molar refractivity (Wildman–Crippen MR) is 53.0 cm³/mol. The maximum atomic E-state index is 12.4. The third-order valence-electron chi connectivity index (χ3n) is 2.87. The monoisotopic (exact) mass is 233 g/mol. The van der Waals surface area contributed by atoms with Crippen molar-refractivity contribution in [1.29, 1.82) is 0 Å². The summed E-state index contributed by atoms with van der Waals surface area (Å²) in [7, 11) is 1.85. The van der Waals surface area contributed by atoms with E-state index in [9.17, 15) is 13.2 Å². The number of alkyl halides is 3. The molecule has 1 N–H and O–H groups in total. The van der Waals surface area contributed by atoms with Crippen molar-refractivity contribution in [3.05, 3.63) is 17.7 Å². The molecule has 1 aliphatic rings. The average Bonchev–Trinajstić information content (AvgIpc) is 2.60. The molecule has 3 nitrogen and oxygen atoms in total. The third-order valence-corrected chi connectivity index (χ3v) is 2.87. The highest BCUT2D eigenvalue weighted by Gasteiger charge is 2.35. The summed E-state index contributed by atoms with van der Waals surface area (Å²) >= 11 is 0. The van der Waals surface area contributed by atoms with E-state index in [-0.39, 0.29) is 0 Å². The molecule has 0 aromatic carbocycles. The van der Waals surface area contributed by atoms with Crippen LogP contribution in [-0.2, 0) is 19.1 Å². The van der Waals surface area contributed by atoms with Gasteiger partial charge in [0.15, 0.2) is 5.69 Å². The summed E-state index contributed by atoms with van der Waals surface area (Å²) in [5.41, 5.74) is -0.771. The Morgan fingerprint density at radius 1 is 1.56 bits per heavy atom. The van der Waals surface area contributed by atoms with Crippen LogP contribution in [0.15, 0.2) is 6.20 Å². The Kier molecular flexibility index (Phi) is 2.92. The predicted octanol–water partition coefficient (Wildman–Crippen LogP) is 1.68. The average molecular weight is 233 g/mol. The molecule has 1 atom stereocenters. The zero-order chi connectivity index (χ0) is 11.8. The van der Waals surface area contributed by atoms with Crippen molar-refractivity contribution in [2.24, 2.45) is 5.92 Å². The quantitative estimate of drug-likeness (QED) is 0.842. The first kappa shape index (κ1) is 11.4.